The van der Waals surface area contributed by atoms with Crippen molar-refractivity contribution in [1.82, 2.24) is 0 Å². The fourth-order valence-corrected chi connectivity index (χ4v) is 2.66. The summed E-state index contributed by atoms with van der Waals surface area (Å²) in [5, 5.41) is 14.0. The Labute approximate surface area is 159 Å². The van der Waals surface area contributed by atoms with Gasteiger partial charge in [-0.1, -0.05) is 36.8 Å². The van der Waals surface area contributed by atoms with Crippen molar-refractivity contribution >= 4 is 17.3 Å². The van der Waals surface area contributed by atoms with Crippen LogP contribution < -0.4 is 5.32 Å². The normalized spacial score (nSPS) is 12.3. The molecular weight excluding hydrogens is 344 g/mol. The Morgan fingerprint density at radius 3 is 2.30 bits per heavy atom. The molecule has 0 amide bonds. The smallest absolute Gasteiger partial charge is 0.354 e. The van der Waals surface area contributed by atoms with Crippen LogP contribution in [0.5, 0.6) is 0 Å². The van der Waals surface area contributed by atoms with Crippen molar-refractivity contribution in [2.45, 2.75) is 33.1 Å². The van der Waals surface area contributed by atoms with E-state index in [1.165, 1.54) is 12.1 Å². The van der Waals surface area contributed by atoms with E-state index in [1.807, 2.05) is 44.2 Å². The number of esters is 1. The molecule has 27 heavy (non-hydrogen) atoms. The van der Waals surface area contributed by atoms with E-state index in [1.54, 1.807) is 19.1 Å². The fourth-order valence-electron chi connectivity index (χ4n) is 2.66. The van der Waals surface area contributed by atoms with E-state index >= 15 is 0 Å². The first-order chi connectivity index (χ1) is 12.9. The number of nitro benzene ring substituents is 1. The van der Waals surface area contributed by atoms with E-state index in [9.17, 15) is 14.9 Å². The summed E-state index contributed by atoms with van der Waals surface area (Å²) in [6.07, 6.45) is 2.55. The van der Waals surface area contributed by atoms with Crippen LogP contribution in [-0.2, 0) is 9.53 Å². The van der Waals surface area contributed by atoms with Crippen molar-refractivity contribution in [3.05, 3.63) is 81.5 Å². The van der Waals surface area contributed by atoms with Crippen LogP contribution in [0.2, 0.25) is 0 Å². The number of hydrogen-bond donors (Lipinski definition) is 1. The third-order valence-electron chi connectivity index (χ3n) is 4.17. The second-order valence-electron chi connectivity index (χ2n) is 6.16. The van der Waals surface area contributed by atoms with Gasteiger partial charge >= 0.3 is 5.97 Å². The molecule has 2 aromatic rings. The minimum atomic E-state index is -0.432. The van der Waals surface area contributed by atoms with Gasteiger partial charge < -0.3 is 10.1 Å². The predicted molar refractivity (Wildman–Crippen MR) is 106 cm³/mol. The highest BCUT2D eigenvalue weighted by molar-refractivity contribution is 5.92. The third-order valence-corrected chi connectivity index (χ3v) is 4.17. The number of rotatable bonds is 8. The first kappa shape index (κ1) is 20.2. The molecule has 1 N–H and O–H groups in total. The molecule has 142 valence electrons. The molecular formula is C21H24N2O4. The molecule has 6 heteroatoms. The zero-order chi connectivity index (χ0) is 19.8. The third kappa shape index (κ3) is 5.67. The fraction of sp³-hybridized carbons (Fsp3) is 0.286. The number of carbonyl (C=O) groups is 1. The number of non-ortho nitro benzene ring substituents is 1. The summed E-state index contributed by atoms with van der Waals surface area (Å²) in [6, 6.07) is 14.1. The van der Waals surface area contributed by atoms with Gasteiger partial charge in [0.15, 0.2) is 0 Å². The average molecular weight is 368 g/mol. The van der Waals surface area contributed by atoms with Crippen LogP contribution in [0.3, 0.4) is 0 Å². The van der Waals surface area contributed by atoms with Crippen LogP contribution >= 0.6 is 0 Å². The Kier molecular flexibility index (Phi) is 7.11. The molecule has 0 radical (unpaired) electrons. The van der Waals surface area contributed by atoms with Gasteiger partial charge in [0.1, 0.15) is 5.70 Å². The monoisotopic (exact) mass is 368 g/mol. The topological polar surface area (TPSA) is 81.5 Å². The molecule has 0 saturated heterocycles. The molecule has 2 aromatic carbocycles. The Morgan fingerprint density at radius 1 is 1.15 bits per heavy atom. The van der Waals surface area contributed by atoms with Gasteiger partial charge in [-0.3, -0.25) is 10.1 Å². The maximum absolute atomic E-state index is 12.4. The first-order valence-electron chi connectivity index (χ1n) is 8.91. The predicted octanol–water partition coefficient (Wildman–Crippen LogP) is 4.96. The lowest BCUT2D eigenvalue weighted by atomic mass is 9.95. The van der Waals surface area contributed by atoms with Gasteiger partial charge in [-0.05, 0) is 44.0 Å². The highest BCUT2D eigenvalue weighted by atomic mass is 16.6. The summed E-state index contributed by atoms with van der Waals surface area (Å²) in [5.74, 6) is -0.512. The number of carbonyl (C=O) groups excluding carboxylic acids is 1. The highest BCUT2D eigenvalue weighted by Crippen LogP contribution is 2.25. The number of anilines is 1. The standard InChI is InChI=1S/C21H24N2O4/c1-4-16(17-8-12-19(13-9-17)23(25)26)14-20(21(24)27-5-2)22-18-10-6-15(3)7-11-18/h6-14,16,22H,4-5H2,1-3H3/b20-14-. The van der Waals surface area contributed by atoms with E-state index in [-0.39, 0.29) is 18.2 Å². The van der Waals surface area contributed by atoms with Crippen molar-refractivity contribution in [2.24, 2.45) is 0 Å². The van der Waals surface area contributed by atoms with Crippen LogP contribution in [0.15, 0.2) is 60.3 Å². The van der Waals surface area contributed by atoms with E-state index in [0.29, 0.717) is 5.70 Å². The van der Waals surface area contributed by atoms with Gasteiger partial charge in [0, 0.05) is 23.7 Å². The quantitative estimate of drug-likeness (QED) is 0.308. The molecule has 0 spiro atoms. The zero-order valence-corrected chi connectivity index (χ0v) is 15.8. The molecule has 0 saturated carbocycles. The van der Waals surface area contributed by atoms with Crippen molar-refractivity contribution in [1.29, 1.82) is 0 Å². The Morgan fingerprint density at radius 2 is 1.78 bits per heavy atom. The largest absolute Gasteiger partial charge is 0.461 e. The van der Waals surface area contributed by atoms with Crippen LogP contribution in [-0.4, -0.2) is 17.5 Å². The zero-order valence-electron chi connectivity index (χ0n) is 15.8. The second-order valence-corrected chi connectivity index (χ2v) is 6.16. The maximum Gasteiger partial charge on any atom is 0.354 e. The molecule has 0 bridgehead atoms. The molecule has 0 fully saturated rings. The highest BCUT2D eigenvalue weighted by Gasteiger charge is 2.16. The lowest BCUT2D eigenvalue weighted by Gasteiger charge is -2.15. The molecule has 0 aliphatic heterocycles. The molecule has 6 nitrogen and oxygen atoms in total. The summed E-state index contributed by atoms with van der Waals surface area (Å²) in [5.41, 5.74) is 3.21. The minimum absolute atomic E-state index is 0.0426. The maximum atomic E-state index is 12.4. The summed E-state index contributed by atoms with van der Waals surface area (Å²) in [4.78, 5) is 22.8. The SMILES string of the molecule is CCOC(=O)/C(=C/C(CC)c1ccc([N+](=O)[O-])cc1)Nc1ccc(C)cc1. The Hall–Kier alpha value is -3.15. The van der Waals surface area contributed by atoms with Crippen molar-refractivity contribution in [3.8, 4) is 0 Å². The number of hydrogen-bond acceptors (Lipinski definition) is 5. The van der Waals surface area contributed by atoms with Crippen molar-refractivity contribution in [2.75, 3.05) is 11.9 Å². The average Bonchev–Trinajstić information content (AvgIpc) is 2.67. The number of ether oxygens (including phenoxy) is 1. The Bertz CT molecular complexity index is 811. The number of benzene rings is 2. The molecule has 1 unspecified atom stereocenters. The van der Waals surface area contributed by atoms with Crippen LogP contribution in [0.4, 0.5) is 11.4 Å². The lowest BCUT2D eigenvalue weighted by Crippen LogP contribution is -2.16. The summed E-state index contributed by atoms with van der Waals surface area (Å²) < 4.78 is 5.17. The van der Waals surface area contributed by atoms with Crippen molar-refractivity contribution in [3.63, 3.8) is 0 Å². The molecule has 0 heterocycles. The molecule has 2 rings (SSSR count). The van der Waals surface area contributed by atoms with Gasteiger partial charge in [-0.2, -0.15) is 0 Å². The summed E-state index contributed by atoms with van der Waals surface area (Å²) >= 11 is 0. The molecule has 0 aliphatic carbocycles. The molecule has 0 aliphatic rings. The number of nitro groups is 1. The van der Waals surface area contributed by atoms with Gasteiger partial charge in [-0.25, -0.2) is 4.79 Å². The molecule has 0 aromatic heterocycles. The van der Waals surface area contributed by atoms with E-state index in [4.69, 9.17) is 4.74 Å². The summed E-state index contributed by atoms with van der Waals surface area (Å²) in [6.45, 7) is 6.03. The number of nitrogens with zero attached hydrogens (tertiary/aromatic N) is 1. The van der Waals surface area contributed by atoms with Crippen molar-refractivity contribution < 1.29 is 14.5 Å². The van der Waals surface area contributed by atoms with E-state index in [0.717, 1.165) is 23.2 Å². The van der Waals surface area contributed by atoms with Gasteiger partial charge in [0.2, 0.25) is 0 Å². The van der Waals surface area contributed by atoms with Crippen LogP contribution in [0.1, 0.15) is 37.3 Å². The van der Waals surface area contributed by atoms with E-state index < -0.39 is 10.9 Å². The molecule has 1 atom stereocenters. The van der Waals surface area contributed by atoms with Gasteiger partial charge in [-0.15, -0.1) is 0 Å². The van der Waals surface area contributed by atoms with E-state index in [2.05, 4.69) is 5.32 Å². The van der Waals surface area contributed by atoms with Gasteiger partial charge in [0.25, 0.3) is 5.69 Å². The first-order valence-corrected chi connectivity index (χ1v) is 8.91. The Balaban J connectivity index is 2.32. The van der Waals surface area contributed by atoms with Crippen LogP contribution in [0.25, 0.3) is 0 Å². The second kappa shape index (κ2) is 9.52. The summed E-state index contributed by atoms with van der Waals surface area (Å²) in [7, 11) is 0. The number of aryl methyl sites for hydroxylation is 1. The van der Waals surface area contributed by atoms with Gasteiger partial charge in [0.05, 0.1) is 11.5 Å². The number of nitrogens with one attached hydrogen (secondary N) is 1. The van der Waals surface area contributed by atoms with Crippen LogP contribution in [0, 0.1) is 17.0 Å². The lowest BCUT2D eigenvalue weighted by molar-refractivity contribution is -0.384. The minimum Gasteiger partial charge on any atom is -0.461 e. The number of allylic oxidation sites excluding steroid dienone is 1.